The van der Waals surface area contributed by atoms with Crippen molar-refractivity contribution in [1.82, 2.24) is 14.7 Å². The van der Waals surface area contributed by atoms with E-state index in [9.17, 15) is 5.26 Å². The number of nitrogens with one attached hydrogen (secondary N) is 2. The molecule has 0 radical (unpaired) electrons. The number of rotatable bonds is 5. The molecule has 4 nitrogen and oxygen atoms in total. The summed E-state index contributed by atoms with van der Waals surface area (Å²) in [6.07, 6.45) is 3.80. The summed E-state index contributed by atoms with van der Waals surface area (Å²) in [5, 5.41) is 10.3. The van der Waals surface area contributed by atoms with Crippen LogP contribution in [0.5, 0.6) is 0 Å². The lowest BCUT2D eigenvalue weighted by Crippen LogP contribution is -2.02. The van der Waals surface area contributed by atoms with Gasteiger partial charge in [-0.2, -0.15) is 5.26 Å². The van der Waals surface area contributed by atoms with Gasteiger partial charge in [-0.3, -0.25) is 4.72 Å². The van der Waals surface area contributed by atoms with Crippen LogP contribution in [0, 0.1) is 18.3 Å². The Morgan fingerprint density at radius 3 is 2.81 bits per heavy atom. The molecule has 5 heteroatoms. The van der Waals surface area contributed by atoms with Gasteiger partial charge in [0.05, 0.1) is 11.6 Å². The number of hydrogen-bond acceptors (Lipinski definition) is 4. The fraction of sp³-hybridized carbons (Fsp3) is 0.0909. The maximum atomic E-state index is 9.20. The minimum atomic E-state index is 0.655. The largest absolute Gasteiger partial charge is 0.346 e. The molecule has 132 valence electrons. The van der Waals surface area contributed by atoms with Crippen molar-refractivity contribution < 1.29 is 0 Å². The first-order chi connectivity index (χ1) is 13.2. The van der Waals surface area contributed by atoms with Crippen LogP contribution in [-0.4, -0.2) is 9.97 Å². The molecule has 0 spiro atoms. The van der Waals surface area contributed by atoms with E-state index in [1.807, 2.05) is 36.5 Å². The summed E-state index contributed by atoms with van der Waals surface area (Å²) >= 11 is 1.62. The SMILES string of the molecule is Cc1ccc(SNCc2c[nH]c3nccc(-c4cccc(C#N)c4)c23)cc1. The normalized spacial score (nSPS) is 10.8. The minimum Gasteiger partial charge on any atom is -0.346 e. The van der Waals surface area contributed by atoms with Gasteiger partial charge in [-0.25, -0.2) is 4.98 Å². The molecule has 0 saturated heterocycles. The van der Waals surface area contributed by atoms with E-state index in [0.29, 0.717) is 12.1 Å². The average Bonchev–Trinajstić information content (AvgIpc) is 3.13. The van der Waals surface area contributed by atoms with Crippen molar-refractivity contribution in [3.63, 3.8) is 0 Å². The van der Waals surface area contributed by atoms with Gasteiger partial charge in [-0.15, -0.1) is 0 Å². The standard InChI is InChI=1S/C22H18N4S/c1-15-5-7-19(8-6-15)27-26-14-18-13-25-22-21(18)20(9-10-24-22)17-4-2-3-16(11-17)12-23/h2-11,13,26H,14H2,1H3,(H,24,25). The van der Waals surface area contributed by atoms with Crippen LogP contribution in [-0.2, 0) is 6.54 Å². The smallest absolute Gasteiger partial charge is 0.138 e. The zero-order valence-electron chi connectivity index (χ0n) is 14.9. The van der Waals surface area contributed by atoms with Crippen LogP contribution in [0.25, 0.3) is 22.2 Å². The average molecular weight is 370 g/mol. The van der Waals surface area contributed by atoms with E-state index >= 15 is 0 Å². The molecule has 0 fully saturated rings. The Bertz CT molecular complexity index is 1120. The van der Waals surface area contributed by atoms with Crippen LogP contribution in [0.1, 0.15) is 16.7 Å². The number of nitriles is 1. The van der Waals surface area contributed by atoms with E-state index in [0.717, 1.165) is 27.7 Å². The topological polar surface area (TPSA) is 64.5 Å². The first-order valence-electron chi connectivity index (χ1n) is 8.66. The Hall–Kier alpha value is -3.07. The van der Waals surface area contributed by atoms with Gasteiger partial charge in [-0.05, 0) is 65.9 Å². The van der Waals surface area contributed by atoms with Gasteiger partial charge < -0.3 is 4.98 Å². The minimum absolute atomic E-state index is 0.655. The van der Waals surface area contributed by atoms with Crippen LogP contribution >= 0.6 is 11.9 Å². The molecule has 27 heavy (non-hydrogen) atoms. The predicted octanol–water partition coefficient (Wildman–Crippen LogP) is 5.21. The van der Waals surface area contributed by atoms with Gasteiger partial charge in [0.25, 0.3) is 0 Å². The lowest BCUT2D eigenvalue weighted by Gasteiger charge is -2.08. The summed E-state index contributed by atoms with van der Waals surface area (Å²) in [4.78, 5) is 8.89. The number of benzene rings is 2. The Kier molecular flexibility index (Phi) is 4.93. The van der Waals surface area contributed by atoms with E-state index in [-0.39, 0.29) is 0 Å². The second-order valence-electron chi connectivity index (χ2n) is 6.32. The Morgan fingerprint density at radius 1 is 1.15 bits per heavy atom. The van der Waals surface area contributed by atoms with E-state index in [4.69, 9.17) is 0 Å². The highest BCUT2D eigenvalue weighted by Crippen LogP contribution is 2.31. The molecule has 2 N–H and O–H groups in total. The molecular weight excluding hydrogens is 352 g/mol. The van der Waals surface area contributed by atoms with Crippen LogP contribution in [0.3, 0.4) is 0 Å². The molecule has 0 aliphatic heterocycles. The highest BCUT2D eigenvalue weighted by atomic mass is 32.2. The van der Waals surface area contributed by atoms with Gasteiger partial charge in [0, 0.05) is 29.2 Å². The third-order valence-corrected chi connectivity index (χ3v) is 5.23. The Morgan fingerprint density at radius 2 is 2.00 bits per heavy atom. The lowest BCUT2D eigenvalue weighted by molar-refractivity contribution is 0.984. The summed E-state index contributed by atoms with van der Waals surface area (Å²) in [6, 6.07) is 20.3. The van der Waals surface area contributed by atoms with Crippen LogP contribution in [0.2, 0.25) is 0 Å². The second-order valence-corrected chi connectivity index (χ2v) is 7.29. The lowest BCUT2D eigenvalue weighted by atomic mass is 10.00. The third-order valence-electron chi connectivity index (χ3n) is 4.43. The number of H-pyrrole nitrogens is 1. The van der Waals surface area contributed by atoms with E-state index in [1.54, 1.807) is 18.1 Å². The number of pyridine rings is 1. The highest BCUT2D eigenvalue weighted by molar-refractivity contribution is 7.97. The summed E-state index contributed by atoms with van der Waals surface area (Å²) in [6.45, 7) is 2.79. The number of aryl methyl sites for hydroxylation is 1. The molecule has 4 rings (SSSR count). The molecule has 0 saturated carbocycles. The summed E-state index contributed by atoms with van der Waals surface area (Å²) < 4.78 is 3.43. The monoisotopic (exact) mass is 370 g/mol. The number of hydrogen-bond donors (Lipinski definition) is 2. The fourth-order valence-corrected chi connectivity index (χ4v) is 3.73. The molecule has 0 bridgehead atoms. The van der Waals surface area contributed by atoms with Crippen molar-refractivity contribution in [3.8, 4) is 17.2 Å². The molecule has 0 amide bonds. The maximum absolute atomic E-state index is 9.20. The van der Waals surface area contributed by atoms with Crippen molar-refractivity contribution in [2.24, 2.45) is 0 Å². The van der Waals surface area contributed by atoms with Crippen molar-refractivity contribution >= 4 is 23.0 Å². The van der Waals surface area contributed by atoms with Gasteiger partial charge in [0.15, 0.2) is 0 Å². The molecule has 0 unspecified atom stereocenters. The predicted molar refractivity (Wildman–Crippen MR) is 110 cm³/mol. The summed E-state index contributed by atoms with van der Waals surface area (Å²) in [5.74, 6) is 0. The molecule has 2 heterocycles. The zero-order valence-corrected chi connectivity index (χ0v) is 15.7. The van der Waals surface area contributed by atoms with E-state index in [1.165, 1.54) is 10.5 Å². The van der Waals surface area contributed by atoms with Crippen LogP contribution in [0.15, 0.2) is 71.9 Å². The van der Waals surface area contributed by atoms with Crippen LogP contribution in [0.4, 0.5) is 0 Å². The second kappa shape index (κ2) is 7.67. The van der Waals surface area contributed by atoms with Gasteiger partial charge in [-0.1, -0.05) is 29.8 Å². The number of aromatic amines is 1. The van der Waals surface area contributed by atoms with Crippen molar-refractivity contribution in [1.29, 1.82) is 5.26 Å². The number of fused-ring (bicyclic) bond motifs is 1. The maximum Gasteiger partial charge on any atom is 0.138 e. The van der Waals surface area contributed by atoms with Crippen LogP contribution < -0.4 is 4.72 Å². The first kappa shape index (κ1) is 17.3. The molecule has 2 aromatic heterocycles. The van der Waals surface area contributed by atoms with Crippen molar-refractivity contribution in [2.75, 3.05) is 0 Å². The fourth-order valence-electron chi connectivity index (χ4n) is 3.06. The van der Waals surface area contributed by atoms with Crippen molar-refractivity contribution in [3.05, 3.63) is 83.7 Å². The molecule has 2 aromatic carbocycles. The molecule has 0 aliphatic rings. The number of nitrogens with zero attached hydrogens (tertiary/aromatic N) is 2. The quantitative estimate of drug-likeness (QED) is 0.474. The zero-order chi connectivity index (χ0) is 18.6. The third kappa shape index (κ3) is 3.72. The van der Waals surface area contributed by atoms with Gasteiger partial charge in [0.2, 0.25) is 0 Å². The van der Waals surface area contributed by atoms with Gasteiger partial charge in [0.1, 0.15) is 5.65 Å². The Balaban J connectivity index is 1.62. The Labute approximate surface area is 162 Å². The van der Waals surface area contributed by atoms with E-state index < -0.39 is 0 Å². The summed E-state index contributed by atoms with van der Waals surface area (Å²) in [5.41, 5.74) is 6.01. The van der Waals surface area contributed by atoms with Crippen molar-refractivity contribution in [2.45, 2.75) is 18.4 Å². The molecular formula is C22H18N4S. The number of aromatic nitrogens is 2. The van der Waals surface area contributed by atoms with E-state index in [2.05, 4.69) is 51.9 Å². The highest BCUT2D eigenvalue weighted by Gasteiger charge is 2.11. The summed E-state index contributed by atoms with van der Waals surface area (Å²) in [7, 11) is 0. The molecule has 4 aromatic rings. The molecule has 0 aliphatic carbocycles. The molecule has 0 atom stereocenters. The van der Waals surface area contributed by atoms with Gasteiger partial charge >= 0.3 is 0 Å². The first-order valence-corrected chi connectivity index (χ1v) is 9.48.